The van der Waals surface area contributed by atoms with Gasteiger partial charge >= 0.3 is 0 Å². The first-order valence-electron chi connectivity index (χ1n) is 9.48. The van der Waals surface area contributed by atoms with E-state index in [0.717, 1.165) is 18.2 Å². The normalized spacial score (nSPS) is 12.9. The molecule has 0 saturated carbocycles. The van der Waals surface area contributed by atoms with Crippen LogP contribution in [0.1, 0.15) is 0 Å². The molecule has 0 fully saturated rings. The molecule has 4 rings (SSSR count). The Morgan fingerprint density at radius 2 is 1.08 bits per heavy atom. The Bertz CT molecular complexity index is 1950. The van der Waals surface area contributed by atoms with E-state index in [-0.39, 0.29) is 33.0 Å². The van der Waals surface area contributed by atoms with Gasteiger partial charge in [-0.05, 0) is 35.7 Å². The van der Waals surface area contributed by atoms with E-state index in [2.05, 4.69) is 0 Å². The molecule has 0 heterocycles. The summed E-state index contributed by atoms with van der Waals surface area (Å²) >= 11 is 0. The molecule has 0 spiro atoms. The van der Waals surface area contributed by atoms with Gasteiger partial charge in [0.25, 0.3) is 30.4 Å². The van der Waals surface area contributed by atoms with Crippen molar-refractivity contribution in [2.45, 2.75) is 14.7 Å². The zero-order valence-electron chi connectivity index (χ0n) is 17.6. The number of fused-ring (bicyclic) bond motifs is 2. The molecule has 4 aromatic rings. The van der Waals surface area contributed by atoms with Crippen LogP contribution in [0, 0.1) is 0 Å². The Morgan fingerprint density at radius 3 is 1.61 bits per heavy atom. The molecule has 0 atom stereocenters. The molecule has 0 amide bonds. The minimum Gasteiger partial charge on any atom is -0.507 e. The van der Waals surface area contributed by atoms with Crippen LogP contribution in [0.2, 0.25) is 0 Å². The third kappa shape index (κ3) is 4.25. The molecule has 0 aromatic heterocycles. The molecule has 0 bridgehead atoms. The van der Waals surface area contributed by atoms with E-state index in [4.69, 9.17) is 11.5 Å². The van der Waals surface area contributed by atoms with Crippen LogP contribution in [-0.4, -0.2) is 49.1 Å². The zero-order valence-corrected chi connectivity index (χ0v) is 20.1. The van der Waals surface area contributed by atoms with Gasteiger partial charge in [-0.2, -0.15) is 25.3 Å². The molecule has 190 valence electrons. The summed E-state index contributed by atoms with van der Waals surface area (Å²) in [5, 5.41) is 19.9. The summed E-state index contributed by atoms with van der Waals surface area (Å²) in [5.74, 6) is -1.34. The van der Waals surface area contributed by atoms with Crippen molar-refractivity contribution in [2.24, 2.45) is 0 Å². The van der Waals surface area contributed by atoms with Gasteiger partial charge in [0.1, 0.15) is 16.4 Å². The second-order valence-electron chi connectivity index (χ2n) is 7.73. The quantitative estimate of drug-likeness (QED) is 0.140. The van der Waals surface area contributed by atoms with Gasteiger partial charge < -0.3 is 21.7 Å². The first-order valence-corrected chi connectivity index (χ1v) is 13.8. The van der Waals surface area contributed by atoms with Gasteiger partial charge in [-0.15, -0.1) is 0 Å². The standard InChI is InChI=1S/C20H16N2O11S3/c21-16-7-11-8(1-9(4-17(11)23)34(25,26)27)2-12(16)14-6-13-15(20(19(14)22)36(31,32)33)3-10(5-18(13)24)35(28,29)30/h1-7,23-24H,21-22H2,(H,25,26,27)(H,28,29,30)(H,31,32,33). The fourth-order valence-electron chi connectivity index (χ4n) is 3.85. The fraction of sp³-hybridized carbons (Fsp3) is 0. The predicted octanol–water partition coefficient (Wildman–Crippen LogP) is 1.98. The maximum Gasteiger partial charge on any atom is 0.297 e. The van der Waals surface area contributed by atoms with Gasteiger partial charge in [0.15, 0.2) is 0 Å². The van der Waals surface area contributed by atoms with Crippen LogP contribution in [0.25, 0.3) is 32.7 Å². The first kappa shape index (κ1) is 25.4. The molecule has 36 heavy (non-hydrogen) atoms. The summed E-state index contributed by atoms with van der Waals surface area (Å²) in [5.41, 5.74) is 11.2. The van der Waals surface area contributed by atoms with E-state index in [0.29, 0.717) is 12.1 Å². The monoisotopic (exact) mass is 556 g/mol. The van der Waals surface area contributed by atoms with Crippen LogP contribution in [0.4, 0.5) is 11.4 Å². The van der Waals surface area contributed by atoms with Crippen LogP contribution in [0.3, 0.4) is 0 Å². The van der Waals surface area contributed by atoms with Crippen LogP contribution >= 0.6 is 0 Å². The number of nitrogen functional groups attached to an aromatic ring is 2. The second kappa shape index (κ2) is 7.92. The van der Waals surface area contributed by atoms with E-state index in [1.165, 1.54) is 12.1 Å². The van der Waals surface area contributed by atoms with Crippen LogP contribution in [0.15, 0.2) is 57.2 Å². The van der Waals surface area contributed by atoms with Gasteiger partial charge in [0.05, 0.1) is 15.5 Å². The summed E-state index contributed by atoms with van der Waals surface area (Å²) in [6, 6.07) is 6.69. The maximum absolute atomic E-state index is 12.2. The molecular weight excluding hydrogens is 540 g/mol. The molecule has 0 radical (unpaired) electrons. The highest BCUT2D eigenvalue weighted by Gasteiger charge is 2.26. The molecule has 0 aliphatic carbocycles. The number of benzene rings is 4. The lowest BCUT2D eigenvalue weighted by atomic mass is 9.95. The molecule has 0 aliphatic heterocycles. The van der Waals surface area contributed by atoms with E-state index >= 15 is 0 Å². The summed E-state index contributed by atoms with van der Waals surface area (Å²) in [4.78, 5) is -2.52. The highest BCUT2D eigenvalue weighted by molar-refractivity contribution is 7.86. The van der Waals surface area contributed by atoms with Gasteiger partial charge in [-0.25, -0.2) is 0 Å². The van der Waals surface area contributed by atoms with Gasteiger partial charge in [-0.3, -0.25) is 13.7 Å². The molecule has 9 N–H and O–H groups in total. The number of nitrogens with two attached hydrogens (primary N) is 2. The lowest BCUT2D eigenvalue weighted by molar-refractivity contribution is 0.470. The number of phenols is 2. The molecule has 4 aromatic carbocycles. The van der Waals surface area contributed by atoms with Crippen LogP contribution in [0.5, 0.6) is 11.5 Å². The number of anilines is 2. The van der Waals surface area contributed by atoms with Gasteiger partial charge in [0.2, 0.25) is 0 Å². The van der Waals surface area contributed by atoms with E-state index in [1.807, 2.05) is 0 Å². The Balaban J connectivity index is 2.17. The van der Waals surface area contributed by atoms with Gasteiger partial charge in [0, 0.05) is 45.1 Å². The van der Waals surface area contributed by atoms with Crippen molar-refractivity contribution in [1.82, 2.24) is 0 Å². The topological polar surface area (TPSA) is 256 Å². The van der Waals surface area contributed by atoms with Crippen molar-refractivity contribution < 1.29 is 49.1 Å². The summed E-state index contributed by atoms with van der Waals surface area (Å²) < 4.78 is 99.3. The van der Waals surface area contributed by atoms with Crippen molar-refractivity contribution >= 4 is 63.3 Å². The Labute approximate surface area is 203 Å². The molecule has 13 nitrogen and oxygen atoms in total. The molecule has 0 unspecified atom stereocenters. The van der Waals surface area contributed by atoms with Gasteiger partial charge in [-0.1, -0.05) is 0 Å². The lowest BCUT2D eigenvalue weighted by Crippen LogP contribution is -2.07. The van der Waals surface area contributed by atoms with E-state index in [1.54, 1.807) is 0 Å². The van der Waals surface area contributed by atoms with Crippen molar-refractivity contribution in [2.75, 3.05) is 11.5 Å². The van der Waals surface area contributed by atoms with E-state index < -0.39 is 67.6 Å². The minimum atomic E-state index is -5.16. The summed E-state index contributed by atoms with van der Waals surface area (Å²) in [6.07, 6.45) is 0. The van der Waals surface area contributed by atoms with Crippen LogP contribution in [-0.2, 0) is 30.4 Å². The highest BCUT2D eigenvalue weighted by atomic mass is 32.2. The van der Waals surface area contributed by atoms with Crippen molar-refractivity contribution in [3.05, 3.63) is 42.5 Å². The Kier molecular flexibility index (Phi) is 5.59. The number of phenolic OH excluding ortho intramolecular Hbond substituents is 2. The smallest absolute Gasteiger partial charge is 0.297 e. The largest absolute Gasteiger partial charge is 0.507 e. The second-order valence-corrected chi connectivity index (χ2v) is 11.9. The third-order valence-electron chi connectivity index (χ3n) is 5.42. The average Bonchev–Trinajstić information content (AvgIpc) is 2.71. The lowest BCUT2D eigenvalue weighted by Gasteiger charge is -2.17. The van der Waals surface area contributed by atoms with Crippen molar-refractivity contribution in [1.29, 1.82) is 0 Å². The van der Waals surface area contributed by atoms with E-state index in [9.17, 15) is 49.1 Å². The summed E-state index contributed by atoms with van der Waals surface area (Å²) in [7, 11) is -14.8. The maximum atomic E-state index is 12.2. The predicted molar refractivity (Wildman–Crippen MR) is 128 cm³/mol. The van der Waals surface area contributed by atoms with Crippen molar-refractivity contribution in [3.8, 4) is 22.6 Å². The minimum absolute atomic E-state index is 0.0306. The molecular formula is C20H16N2O11S3. The fourth-order valence-corrected chi connectivity index (χ4v) is 5.75. The molecule has 0 aliphatic rings. The molecule has 16 heteroatoms. The summed E-state index contributed by atoms with van der Waals surface area (Å²) in [6.45, 7) is 0. The average molecular weight is 557 g/mol. The molecule has 0 saturated heterocycles. The zero-order chi connectivity index (χ0) is 27.0. The number of hydrogen-bond acceptors (Lipinski definition) is 10. The number of rotatable bonds is 4. The SMILES string of the molecule is Nc1cc2c(O)cc(S(=O)(=O)O)cc2cc1-c1cc2c(O)cc(S(=O)(=O)O)cc2c(S(=O)(=O)O)c1N. The Morgan fingerprint density at radius 1 is 0.556 bits per heavy atom. The first-order chi connectivity index (χ1) is 16.4. The van der Waals surface area contributed by atoms with Crippen molar-refractivity contribution in [3.63, 3.8) is 0 Å². The van der Waals surface area contributed by atoms with Crippen LogP contribution < -0.4 is 11.5 Å². The number of aromatic hydroxyl groups is 2. The highest BCUT2D eigenvalue weighted by Crippen LogP contribution is 2.44. The Hall–Kier alpha value is -3.67. The third-order valence-corrected chi connectivity index (χ3v) is 8.04. The number of hydrogen-bond donors (Lipinski definition) is 7.